The van der Waals surface area contributed by atoms with Gasteiger partial charge in [-0.25, -0.2) is 4.79 Å². The first kappa shape index (κ1) is 40.2. The zero-order chi connectivity index (χ0) is 39.8. The molecular weight excluding hydrogens is 728 g/mol. The number of aliphatic hydroxyl groups excluding tert-OH is 2. The van der Waals surface area contributed by atoms with Gasteiger partial charge in [0.15, 0.2) is 11.5 Å². The quantitative estimate of drug-likeness (QED) is 0.0669. The summed E-state index contributed by atoms with van der Waals surface area (Å²) in [6.45, 7) is 6.70. The number of carbonyl (C=O) groups is 1. The SMILES string of the molecule is C=CCO[C@@]12Oc3ccc(O)cc3[C@H]3[C@H](CCCCO)[C@@H](CCCCO)C=C(C(=NOCc4ccccc4)C[C@@H]1N(Cc1ccc4c(c1)OCO4)C(=O)OCC)[C@H]32. The Labute approximate surface area is 334 Å². The van der Waals surface area contributed by atoms with Gasteiger partial charge in [0.1, 0.15) is 24.1 Å². The summed E-state index contributed by atoms with van der Waals surface area (Å²) in [7, 11) is 0. The van der Waals surface area contributed by atoms with Crippen LogP contribution in [-0.2, 0) is 27.5 Å². The van der Waals surface area contributed by atoms with Gasteiger partial charge in [0, 0.05) is 37.7 Å². The number of allylic oxidation sites excluding steroid dienone is 1. The zero-order valence-corrected chi connectivity index (χ0v) is 32.6. The van der Waals surface area contributed by atoms with Crippen molar-refractivity contribution in [3.63, 3.8) is 0 Å². The minimum atomic E-state index is -1.47. The van der Waals surface area contributed by atoms with Gasteiger partial charge in [0.25, 0.3) is 0 Å². The lowest BCUT2D eigenvalue weighted by Crippen LogP contribution is -2.70. The van der Waals surface area contributed by atoms with E-state index >= 15 is 0 Å². The van der Waals surface area contributed by atoms with E-state index in [2.05, 4.69) is 12.7 Å². The first-order valence-corrected chi connectivity index (χ1v) is 20.2. The summed E-state index contributed by atoms with van der Waals surface area (Å²) in [5.41, 5.74) is 4.16. The Hall–Kier alpha value is -5.04. The van der Waals surface area contributed by atoms with Gasteiger partial charge >= 0.3 is 6.09 Å². The number of oxime groups is 1. The van der Waals surface area contributed by atoms with Crippen molar-refractivity contribution in [1.82, 2.24) is 4.90 Å². The van der Waals surface area contributed by atoms with Gasteiger partial charge in [-0.05, 0) is 91.5 Å². The van der Waals surface area contributed by atoms with E-state index in [4.69, 9.17) is 33.7 Å². The number of fused-ring (bicyclic) bond motifs is 3. The summed E-state index contributed by atoms with van der Waals surface area (Å²) in [5.74, 6) is -0.287. The number of amides is 1. The predicted molar refractivity (Wildman–Crippen MR) is 213 cm³/mol. The van der Waals surface area contributed by atoms with Crippen LogP contribution in [0.1, 0.15) is 74.5 Å². The van der Waals surface area contributed by atoms with Gasteiger partial charge in [-0.2, -0.15) is 0 Å². The number of ether oxygens (including phenoxy) is 5. The smallest absolute Gasteiger partial charge is 0.410 e. The molecule has 6 atom stereocenters. The number of phenols is 1. The van der Waals surface area contributed by atoms with Crippen LogP contribution in [0.4, 0.5) is 4.79 Å². The van der Waals surface area contributed by atoms with E-state index in [1.807, 2.05) is 48.5 Å². The van der Waals surface area contributed by atoms with Crippen LogP contribution < -0.4 is 14.2 Å². The highest BCUT2D eigenvalue weighted by atomic mass is 16.7. The summed E-state index contributed by atoms with van der Waals surface area (Å²) in [5, 5.41) is 35.5. The van der Waals surface area contributed by atoms with Crippen molar-refractivity contribution in [1.29, 1.82) is 0 Å². The molecule has 0 saturated heterocycles. The van der Waals surface area contributed by atoms with E-state index in [0.29, 0.717) is 35.8 Å². The van der Waals surface area contributed by atoms with E-state index in [1.165, 1.54) is 0 Å². The van der Waals surface area contributed by atoms with E-state index in [9.17, 15) is 20.1 Å². The number of benzene rings is 3. The van der Waals surface area contributed by atoms with Crippen LogP contribution in [0.5, 0.6) is 23.0 Å². The molecule has 4 aliphatic rings. The molecule has 2 aliphatic carbocycles. The molecular formula is C45H54N2O10. The van der Waals surface area contributed by atoms with E-state index in [1.54, 1.807) is 36.1 Å². The summed E-state index contributed by atoms with van der Waals surface area (Å²) < 4.78 is 31.3. The molecule has 0 radical (unpaired) electrons. The number of nitrogens with zero attached hydrogens (tertiary/aromatic N) is 2. The molecule has 12 heteroatoms. The standard InChI is InChI=1S/C45H54N2O10/c1-3-22-55-45-41(47(44(51)52-4-2)27-31-16-18-39-40(23-31)54-29-53-39)26-37(46-56-28-30-12-6-5-7-13-30)35-24-32(14-8-10-20-48)34(15-9-11-21-49)42(43(35)45)36-25-33(50)17-19-38(36)57-45/h3,5-7,12-13,16-19,23-25,32,34,41-43,48-50H,1,4,8-11,14-15,20-22,26-29H2,2H3/t32-,34+,41-,42+,43+,45+/m0/s1. The third-order valence-electron chi connectivity index (χ3n) is 11.6. The fraction of sp³-hybridized carbons (Fsp3) is 0.467. The number of phenolic OH excluding ortho intramolecular Hbond substituents is 1. The molecule has 7 rings (SSSR count). The molecule has 1 amide bonds. The van der Waals surface area contributed by atoms with Crippen molar-refractivity contribution in [2.24, 2.45) is 22.9 Å². The lowest BCUT2D eigenvalue weighted by Gasteiger charge is -2.59. The number of rotatable bonds is 18. The van der Waals surface area contributed by atoms with Crippen molar-refractivity contribution >= 4 is 11.8 Å². The lowest BCUT2D eigenvalue weighted by atomic mass is 9.55. The number of hydrogen-bond donors (Lipinski definition) is 3. The summed E-state index contributed by atoms with van der Waals surface area (Å²) in [6, 6.07) is 19.8. The normalized spacial score (nSPS) is 24.8. The maximum atomic E-state index is 14.4. The second-order valence-electron chi connectivity index (χ2n) is 15.1. The molecule has 3 aromatic rings. The monoisotopic (exact) mass is 782 g/mol. The van der Waals surface area contributed by atoms with Gasteiger partial charge in [0.2, 0.25) is 12.6 Å². The maximum absolute atomic E-state index is 14.4. The molecule has 57 heavy (non-hydrogen) atoms. The topological polar surface area (TPSA) is 149 Å². The van der Waals surface area contributed by atoms with Gasteiger partial charge in [-0.15, -0.1) is 6.58 Å². The molecule has 3 aromatic carbocycles. The summed E-state index contributed by atoms with van der Waals surface area (Å²) in [6.07, 6.45) is 8.12. The van der Waals surface area contributed by atoms with Crippen molar-refractivity contribution < 1.29 is 48.6 Å². The minimum Gasteiger partial charge on any atom is -0.508 e. The number of aromatic hydroxyl groups is 1. The molecule has 2 aliphatic heterocycles. The molecule has 3 N–H and O–H groups in total. The Morgan fingerprint density at radius 3 is 2.51 bits per heavy atom. The average molecular weight is 783 g/mol. The predicted octanol–water partition coefficient (Wildman–Crippen LogP) is 7.61. The van der Waals surface area contributed by atoms with Gasteiger partial charge < -0.3 is 43.8 Å². The fourth-order valence-corrected chi connectivity index (χ4v) is 9.16. The Balaban J connectivity index is 1.43. The summed E-state index contributed by atoms with van der Waals surface area (Å²) >= 11 is 0. The number of unbranched alkanes of at least 4 members (excludes halogenated alkanes) is 2. The Kier molecular flexibility index (Phi) is 13.0. The van der Waals surface area contributed by atoms with Crippen LogP contribution in [-0.4, -0.2) is 77.1 Å². The molecule has 12 nitrogen and oxygen atoms in total. The van der Waals surface area contributed by atoms with E-state index in [0.717, 1.165) is 47.9 Å². The first-order valence-electron chi connectivity index (χ1n) is 20.2. The molecule has 304 valence electrons. The molecule has 0 spiro atoms. The van der Waals surface area contributed by atoms with Crippen molar-refractivity contribution in [2.45, 2.75) is 82.8 Å². The van der Waals surface area contributed by atoms with Crippen LogP contribution in [0.3, 0.4) is 0 Å². The number of carbonyl (C=O) groups excluding carboxylic acids is 1. The Morgan fingerprint density at radius 1 is 0.965 bits per heavy atom. The maximum Gasteiger partial charge on any atom is 0.410 e. The molecule has 1 saturated carbocycles. The van der Waals surface area contributed by atoms with Crippen molar-refractivity contribution in [2.75, 3.05) is 33.2 Å². The van der Waals surface area contributed by atoms with Gasteiger partial charge in [-0.1, -0.05) is 66.5 Å². The zero-order valence-electron chi connectivity index (χ0n) is 32.6. The number of hydrogen-bond acceptors (Lipinski definition) is 11. The largest absolute Gasteiger partial charge is 0.508 e. The Morgan fingerprint density at radius 2 is 1.74 bits per heavy atom. The average Bonchev–Trinajstić information content (AvgIpc) is 3.70. The van der Waals surface area contributed by atoms with Crippen LogP contribution in [0, 0.1) is 17.8 Å². The fourth-order valence-electron chi connectivity index (χ4n) is 9.16. The highest BCUT2D eigenvalue weighted by Gasteiger charge is 2.65. The van der Waals surface area contributed by atoms with Crippen LogP contribution in [0.25, 0.3) is 0 Å². The first-order chi connectivity index (χ1) is 27.9. The highest BCUT2D eigenvalue weighted by molar-refractivity contribution is 6.03. The third-order valence-corrected chi connectivity index (χ3v) is 11.6. The Bertz CT molecular complexity index is 1920. The minimum absolute atomic E-state index is 0.0234. The van der Waals surface area contributed by atoms with Crippen LogP contribution in [0.15, 0.2) is 96.2 Å². The second-order valence-corrected chi connectivity index (χ2v) is 15.1. The molecule has 0 unspecified atom stereocenters. The van der Waals surface area contributed by atoms with Crippen molar-refractivity contribution in [3.05, 3.63) is 108 Å². The molecule has 0 aromatic heterocycles. The molecule has 0 bridgehead atoms. The van der Waals surface area contributed by atoms with Crippen LogP contribution in [0.2, 0.25) is 0 Å². The van der Waals surface area contributed by atoms with Crippen molar-refractivity contribution in [3.8, 4) is 23.0 Å². The van der Waals surface area contributed by atoms with E-state index < -0.39 is 23.8 Å². The van der Waals surface area contributed by atoms with Gasteiger partial charge in [0.05, 0.1) is 24.8 Å². The summed E-state index contributed by atoms with van der Waals surface area (Å²) in [4.78, 5) is 22.2. The van der Waals surface area contributed by atoms with Gasteiger partial charge in [-0.3, -0.25) is 4.90 Å². The molecule has 1 fully saturated rings. The highest BCUT2D eigenvalue weighted by Crippen LogP contribution is 2.62. The number of aliphatic hydroxyl groups is 2. The third kappa shape index (κ3) is 8.49. The van der Waals surface area contributed by atoms with Crippen LogP contribution >= 0.6 is 0 Å². The van der Waals surface area contributed by atoms with E-state index in [-0.39, 0.29) is 76.3 Å². The lowest BCUT2D eigenvalue weighted by molar-refractivity contribution is -0.256. The second kappa shape index (κ2) is 18.5. The molecule has 2 heterocycles.